The fourth-order valence-electron chi connectivity index (χ4n) is 4.12. The van der Waals surface area contributed by atoms with E-state index >= 15 is 0 Å². The summed E-state index contributed by atoms with van der Waals surface area (Å²) in [5.41, 5.74) is -2.45. The molecule has 2 N–H and O–H groups in total. The maximum atomic E-state index is 13.9. The Balaban J connectivity index is 1.72. The van der Waals surface area contributed by atoms with Gasteiger partial charge in [-0.25, -0.2) is 9.48 Å². The number of rotatable bonds is 5. The number of benzene rings is 2. The number of nitrogens with zero attached hydrogens (tertiary/aromatic N) is 3. The van der Waals surface area contributed by atoms with Crippen LogP contribution in [0.4, 0.5) is 37.8 Å². The lowest BCUT2D eigenvalue weighted by atomic mass is 10.0. The lowest BCUT2D eigenvalue weighted by Crippen LogP contribution is -2.33. The summed E-state index contributed by atoms with van der Waals surface area (Å²) in [6, 6.07) is 8.57. The Hall–Kier alpha value is -4.03. The summed E-state index contributed by atoms with van der Waals surface area (Å²) >= 11 is 0. The molecule has 1 aromatic heterocycles. The first-order valence-corrected chi connectivity index (χ1v) is 11.0. The minimum atomic E-state index is -4.98. The molecule has 0 saturated carbocycles. The van der Waals surface area contributed by atoms with Crippen molar-refractivity contribution in [2.45, 2.75) is 38.3 Å². The highest BCUT2D eigenvalue weighted by molar-refractivity contribution is 6.01. The fraction of sp³-hybridized carbons (Fsp3) is 0.292. The summed E-state index contributed by atoms with van der Waals surface area (Å²) in [7, 11) is 0. The molecular weight excluding hydrogens is 506 g/mol. The van der Waals surface area contributed by atoms with Gasteiger partial charge in [-0.05, 0) is 55.3 Å². The number of carbonyl (C=O) groups excluding carboxylic acids is 1. The second kappa shape index (κ2) is 9.45. The molecule has 0 aliphatic carbocycles. The summed E-state index contributed by atoms with van der Waals surface area (Å²) in [6.07, 6.45) is -9.22. The van der Waals surface area contributed by atoms with Crippen molar-refractivity contribution in [1.82, 2.24) is 15.1 Å². The maximum Gasteiger partial charge on any atom is 0.436 e. The van der Waals surface area contributed by atoms with Crippen molar-refractivity contribution in [3.05, 3.63) is 76.5 Å². The molecule has 1 aliphatic heterocycles. The predicted octanol–water partition coefficient (Wildman–Crippen LogP) is 5.65. The Bertz CT molecular complexity index is 1310. The van der Waals surface area contributed by atoms with Crippen molar-refractivity contribution in [3.8, 4) is 0 Å². The smallest absolute Gasteiger partial charge is 0.436 e. The van der Waals surface area contributed by atoms with E-state index in [-0.39, 0.29) is 30.2 Å². The second-order valence-electron chi connectivity index (χ2n) is 8.44. The van der Waals surface area contributed by atoms with Crippen molar-refractivity contribution >= 4 is 23.4 Å². The molecule has 0 radical (unpaired) electrons. The summed E-state index contributed by atoms with van der Waals surface area (Å²) in [6.45, 7) is 1.75. The number of aryl methyl sites for hydroxylation is 1. The molecule has 13 heteroatoms. The highest BCUT2D eigenvalue weighted by atomic mass is 19.4. The average Bonchev–Trinajstić information content (AvgIpc) is 3.24. The number of amides is 1. The van der Waals surface area contributed by atoms with E-state index in [1.807, 2.05) is 0 Å². The van der Waals surface area contributed by atoms with Crippen LogP contribution in [0.15, 0.2) is 48.5 Å². The van der Waals surface area contributed by atoms with Gasteiger partial charge in [0.15, 0.2) is 5.69 Å². The van der Waals surface area contributed by atoms with Crippen LogP contribution in [0.1, 0.15) is 56.9 Å². The number of carboxylic acid groups (broad SMARTS) is 1. The number of aromatic carboxylic acids is 1. The zero-order valence-corrected chi connectivity index (χ0v) is 19.2. The molecule has 4 rings (SSSR count). The van der Waals surface area contributed by atoms with Gasteiger partial charge in [0, 0.05) is 18.8 Å². The van der Waals surface area contributed by atoms with Gasteiger partial charge in [-0.3, -0.25) is 4.79 Å². The molecule has 196 valence electrons. The zero-order chi connectivity index (χ0) is 27.1. The molecule has 0 spiro atoms. The minimum absolute atomic E-state index is 0.000443. The second-order valence-corrected chi connectivity index (χ2v) is 8.44. The number of hydrogen-bond donors (Lipinski definition) is 2. The van der Waals surface area contributed by atoms with Crippen LogP contribution in [-0.2, 0) is 18.9 Å². The zero-order valence-electron chi connectivity index (χ0n) is 19.2. The number of hydrogen-bond acceptors (Lipinski definition) is 4. The van der Waals surface area contributed by atoms with Gasteiger partial charge in [-0.1, -0.05) is 12.1 Å². The molecule has 0 saturated heterocycles. The third-order valence-corrected chi connectivity index (χ3v) is 5.94. The van der Waals surface area contributed by atoms with Gasteiger partial charge in [-0.15, -0.1) is 0 Å². The van der Waals surface area contributed by atoms with Crippen molar-refractivity contribution < 1.29 is 41.0 Å². The first-order valence-electron chi connectivity index (χ1n) is 11.0. The molecule has 1 aliphatic rings. The molecule has 1 amide bonds. The van der Waals surface area contributed by atoms with Gasteiger partial charge in [0.1, 0.15) is 11.4 Å². The quantitative estimate of drug-likeness (QED) is 0.420. The number of aromatic nitrogens is 2. The first kappa shape index (κ1) is 26.0. The Morgan fingerprint density at radius 3 is 2.11 bits per heavy atom. The number of nitrogens with one attached hydrogen (secondary N) is 1. The third-order valence-electron chi connectivity index (χ3n) is 5.94. The third kappa shape index (κ3) is 5.25. The van der Waals surface area contributed by atoms with Crippen LogP contribution in [0.25, 0.3) is 0 Å². The number of carbonyl (C=O) groups is 2. The first-order chi connectivity index (χ1) is 17.3. The molecule has 1 unspecified atom stereocenters. The Labute approximate surface area is 206 Å². The van der Waals surface area contributed by atoms with E-state index in [1.165, 1.54) is 36.1 Å². The minimum Gasteiger partial charge on any atom is -0.478 e. The molecule has 3 aromatic rings. The van der Waals surface area contributed by atoms with Crippen LogP contribution in [0.2, 0.25) is 0 Å². The van der Waals surface area contributed by atoms with E-state index in [0.29, 0.717) is 12.0 Å². The molecule has 2 aromatic carbocycles. The number of carboxylic acids is 1. The standard InChI is InChI=1S/C24H20F6N4O3/c1-13(14-3-5-15(6-4-14)22(36)37)31-20(35)18-19(24(28,29)30)32-34-12-2-11-33(21(18)34)17-9-7-16(8-10-17)23(25,26)27/h3-10,13H,2,11-12H2,1H3,(H,31,35)(H,36,37). The Kier molecular flexibility index (Phi) is 6.65. The molecular formula is C24H20F6N4O3. The topological polar surface area (TPSA) is 87.5 Å². The highest BCUT2D eigenvalue weighted by Crippen LogP contribution is 2.41. The Morgan fingerprint density at radius 2 is 1.57 bits per heavy atom. The average molecular weight is 526 g/mol. The van der Waals surface area contributed by atoms with E-state index in [4.69, 9.17) is 5.11 Å². The largest absolute Gasteiger partial charge is 0.478 e. The van der Waals surface area contributed by atoms with Crippen LogP contribution in [-0.4, -0.2) is 33.3 Å². The van der Waals surface area contributed by atoms with Crippen LogP contribution in [0.5, 0.6) is 0 Å². The molecule has 37 heavy (non-hydrogen) atoms. The summed E-state index contributed by atoms with van der Waals surface area (Å²) in [5.74, 6) is -2.42. The highest BCUT2D eigenvalue weighted by Gasteiger charge is 2.44. The maximum absolute atomic E-state index is 13.9. The lowest BCUT2D eigenvalue weighted by molar-refractivity contribution is -0.142. The molecule has 0 bridgehead atoms. The van der Waals surface area contributed by atoms with Gasteiger partial charge in [-0.2, -0.15) is 31.4 Å². The van der Waals surface area contributed by atoms with Crippen LogP contribution in [0.3, 0.4) is 0 Å². The van der Waals surface area contributed by atoms with E-state index in [2.05, 4.69) is 10.4 Å². The molecule has 0 fully saturated rings. The van der Waals surface area contributed by atoms with Gasteiger partial charge in [0.25, 0.3) is 5.91 Å². The van der Waals surface area contributed by atoms with E-state index in [1.54, 1.807) is 0 Å². The van der Waals surface area contributed by atoms with Crippen LogP contribution < -0.4 is 10.2 Å². The van der Waals surface area contributed by atoms with Crippen LogP contribution >= 0.6 is 0 Å². The van der Waals surface area contributed by atoms with E-state index in [9.17, 15) is 35.9 Å². The van der Waals surface area contributed by atoms with Crippen molar-refractivity contribution in [2.75, 3.05) is 11.4 Å². The normalized spacial score (nSPS) is 14.7. The number of fused-ring (bicyclic) bond motifs is 1. The number of anilines is 2. The van der Waals surface area contributed by atoms with Gasteiger partial charge < -0.3 is 15.3 Å². The predicted molar refractivity (Wildman–Crippen MR) is 120 cm³/mol. The molecule has 1 atom stereocenters. The number of alkyl halides is 6. The summed E-state index contributed by atoms with van der Waals surface area (Å²) in [5, 5.41) is 15.2. The van der Waals surface area contributed by atoms with E-state index in [0.717, 1.165) is 28.9 Å². The summed E-state index contributed by atoms with van der Waals surface area (Å²) in [4.78, 5) is 25.6. The van der Waals surface area contributed by atoms with Crippen molar-refractivity contribution in [2.24, 2.45) is 0 Å². The fourth-order valence-corrected chi connectivity index (χ4v) is 4.12. The SMILES string of the molecule is CC(NC(=O)c1c(C(F)(F)F)nn2c1N(c1ccc(C(F)(F)F)cc1)CCC2)c1ccc(C(=O)O)cc1. The summed E-state index contributed by atoms with van der Waals surface area (Å²) < 4.78 is 81.8. The Morgan fingerprint density at radius 1 is 0.946 bits per heavy atom. The monoisotopic (exact) mass is 526 g/mol. The van der Waals surface area contributed by atoms with Gasteiger partial charge in [0.2, 0.25) is 0 Å². The molecule has 7 nitrogen and oxygen atoms in total. The van der Waals surface area contributed by atoms with Crippen molar-refractivity contribution in [3.63, 3.8) is 0 Å². The number of halogens is 6. The lowest BCUT2D eigenvalue weighted by Gasteiger charge is -2.31. The van der Waals surface area contributed by atoms with E-state index < -0.39 is 47.1 Å². The van der Waals surface area contributed by atoms with Crippen molar-refractivity contribution in [1.29, 1.82) is 0 Å². The van der Waals surface area contributed by atoms with Crippen LogP contribution in [0, 0.1) is 0 Å². The van der Waals surface area contributed by atoms with Gasteiger partial charge in [0.05, 0.1) is 17.2 Å². The molecule has 2 heterocycles. The van der Waals surface area contributed by atoms with Gasteiger partial charge >= 0.3 is 18.3 Å².